The molecule has 2 amide bonds. The molecule has 0 bridgehead atoms. The molecule has 0 saturated heterocycles. The highest BCUT2D eigenvalue weighted by atomic mass is 16.6. The third kappa shape index (κ3) is 7.71. The first kappa shape index (κ1) is 38.2. The lowest BCUT2D eigenvalue weighted by atomic mass is 9.93. The summed E-state index contributed by atoms with van der Waals surface area (Å²) in [7, 11) is 0. The number of carbonyl (C=O) groups is 2. The maximum Gasteiger partial charge on any atom is 0.261 e. The molecule has 1 fully saturated rings. The molecule has 298 valence electrons. The number of hydrogen-bond donors (Lipinski definition) is 3. The summed E-state index contributed by atoms with van der Waals surface area (Å²) in [5.41, 5.74) is 1.32. The average molecular weight is 789 g/mol. The number of nitrogens with one attached hydrogen (secondary N) is 2. The summed E-state index contributed by atoms with van der Waals surface area (Å²) in [5.74, 6) is -0.574. The molecule has 2 unspecified atom stereocenters. The van der Waals surface area contributed by atoms with Gasteiger partial charge in [0.2, 0.25) is 0 Å². The summed E-state index contributed by atoms with van der Waals surface area (Å²) in [4.78, 5) is 27.5. The molecular formula is C49H44N2O8. The van der Waals surface area contributed by atoms with Crippen LogP contribution in [0.2, 0.25) is 0 Å². The van der Waals surface area contributed by atoms with Gasteiger partial charge in [-0.3, -0.25) is 9.59 Å². The number of benzene rings is 8. The van der Waals surface area contributed by atoms with Gasteiger partial charge in [-0.25, -0.2) is 0 Å². The highest BCUT2D eigenvalue weighted by Crippen LogP contribution is 2.39. The molecule has 1 aliphatic rings. The SMILES string of the molecule is C=C(OCCO)C(OCCOCCOC(=C)C(OC1CC1)C(=O)Nc1ccc2ccc3cccc4ccc1c2c34)C(=O)Nc1ccc2ccc3cccc4ccc1c2c34. The molecule has 0 heterocycles. The standard InChI is InChI=1S/C49H44N2O8/c1-29(56-24-23-52)46(48(53)50-40-21-15-35-11-9-31-5-3-7-33-13-19-38(40)44(35)42(31)33)58-28-26-55-25-27-57-30(2)47(59-37-17-18-37)49(54)51-41-22-16-36-12-10-32-6-4-8-34-14-20-39(41)45(36)43(32)34/h3-16,19-22,37,46-47,52H,1-2,17-18,23-28H2,(H,50,53)(H,51,54). The van der Waals surface area contributed by atoms with Crippen molar-refractivity contribution in [1.29, 1.82) is 0 Å². The zero-order valence-electron chi connectivity index (χ0n) is 32.5. The number of anilines is 2. The Morgan fingerprint density at radius 3 is 1.53 bits per heavy atom. The topological polar surface area (TPSA) is 125 Å². The van der Waals surface area contributed by atoms with Crippen LogP contribution in [0.15, 0.2) is 134 Å². The largest absolute Gasteiger partial charge is 0.493 e. The molecule has 59 heavy (non-hydrogen) atoms. The monoisotopic (exact) mass is 788 g/mol. The highest BCUT2D eigenvalue weighted by Gasteiger charge is 2.33. The molecule has 1 saturated carbocycles. The second-order valence-electron chi connectivity index (χ2n) is 14.8. The minimum absolute atomic E-state index is 0.0316. The van der Waals surface area contributed by atoms with Crippen molar-refractivity contribution < 1.29 is 38.4 Å². The van der Waals surface area contributed by atoms with Crippen LogP contribution in [-0.4, -0.2) is 74.9 Å². The van der Waals surface area contributed by atoms with Gasteiger partial charge in [0.1, 0.15) is 24.7 Å². The Hall–Kier alpha value is -6.30. The van der Waals surface area contributed by atoms with Crippen molar-refractivity contribution in [1.82, 2.24) is 0 Å². The van der Waals surface area contributed by atoms with Gasteiger partial charge in [0.05, 0.1) is 32.5 Å². The van der Waals surface area contributed by atoms with Crippen molar-refractivity contribution in [3.05, 3.63) is 134 Å². The molecule has 10 nitrogen and oxygen atoms in total. The molecule has 10 heteroatoms. The van der Waals surface area contributed by atoms with E-state index >= 15 is 0 Å². The molecule has 8 aromatic rings. The number of carbonyl (C=O) groups excluding carboxylic acids is 2. The number of rotatable bonds is 19. The highest BCUT2D eigenvalue weighted by molar-refractivity contribution is 6.27. The third-order valence-electron chi connectivity index (χ3n) is 10.9. The van der Waals surface area contributed by atoms with E-state index in [0.717, 1.165) is 72.1 Å². The molecule has 1 aliphatic carbocycles. The van der Waals surface area contributed by atoms with E-state index in [0.29, 0.717) is 11.4 Å². The maximum absolute atomic E-state index is 13.8. The normalized spacial score (nSPS) is 14.1. The minimum atomic E-state index is -1.17. The van der Waals surface area contributed by atoms with Crippen molar-refractivity contribution in [3.8, 4) is 0 Å². The smallest absolute Gasteiger partial charge is 0.261 e. The fraction of sp³-hybridized carbons (Fsp3) is 0.224. The molecule has 0 aromatic heterocycles. The van der Waals surface area contributed by atoms with Crippen molar-refractivity contribution >= 4 is 87.8 Å². The summed E-state index contributed by atoms with van der Waals surface area (Å²) in [6, 6.07) is 36.9. The van der Waals surface area contributed by atoms with Gasteiger partial charge < -0.3 is 39.4 Å². The Morgan fingerprint density at radius 1 is 0.559 bits per heavy atom. The molecule has 2 atom stereocenters. The van der Waals surface area contributed by atoms with E-state index in [1.54, 1.807) is 0 Å². The van der Waals surface area contributed by atoms with Gasteiger partial charge in [-0.05, 0) is 78.8 Å². The van der Waals surface area contributed by atoms with E-state index in [1.807, 2.05) is 42.5 Å². The summed E-state index contributed by atoms with van der Waals surface area (Å²) in [6.07, 6.45) is -0.480. The zero-order valence-corrected chi connectivity index (χ0v) is 32.5. The van der Waals surface area contributed by atoms with Gasteiger partial charge in [0.25, 0.3) is 11.8 Å². The second kappa shape index (κ2) is 16.5. The van der Waals surface area contributed by atoms with E-state index < -0.39 is 18.1 Å². The van der Waals surface area contributed by atoms with Crippen LogP contribution in [0.4, 0.5) is 11.4 Å². The molecule has 9 rings (SSSR count). The van der Waals surface area contributed by atoms with E-state index in [9.17, 15) is 14.7 Å². The molecule has 0 spiro atoms. The van der Waals surface area contributed by atoms with Crippen LogP contribution in [0.3, 0.4) is 0 Å². The molecule has 0 aliphatic heterocycles. The first-order valence-corrected chi connectivity index (χ1v) is 19.9. The number of ether oxygens (including phenoxy) is 5. The Labute approximate surface area is 340 Å². The number of aliphatic hydroxyl groups is 1. The number of amides is 2. The lowest BCUT2D eigenvalue weighted by Gasteiger charge is -2.22. The minimum Gasteiger partial charge on any atom is -0.493 e. The third-order valence-corrected chi connectivity index (χ3v) is 10.9. The summed E-state index contributed by atoms with van der Waals surface area (Å²) >= 11 is 0. The van der Waals surface area contributed by atoms with Crippen LogP contribution in [-0.2, 0) is 33.3 Å². The van der Waals surface area contributed by atoms with Gasteiger partial charge in [0, 0.05) is 22.1 Å². The lowest BCUT2D eigenvalue weighted by molar-refractivity contribution is -0.130. The lowest BCUT2D eigenvalue weighted by Crippen LogP contribution is -2.34. The fourth-order valence-corrected chi connectivity index (χ4v) is 7.97. The number of aliphatic hydroxyl groups excluding tert-OH is 1. The van der Waals surface area contributed by atoms with E-state index in [-0.39, 0.29) is 63.2 Å². The van der Waals surface area contributed by atoms with Crippen LogP contribution in [0.25, 0.3) is 64.6 Å². The van der Waals surface area contributed by atoms with Crippen molar-refractivity contribution in [2.24, 2.45) is 0 Å². The van der Waals surface area contributed by atoms with Crippen LogP contribution in [0, 0.1) is 0 Å². The van der Waals surface area contributed by atoms with Gasteiger partial charge in [-0.15, -0.1) is 0 Å². The van der Waals surface area contributed by atoms with Crippen LogP contribution < -0.4 is 10.6 Å². The Morgan fingerprint density at radius 2 is 1.00 bits per heavy atom. The second-order valence-corrected chi connectivity index (χ2v) is 14.8. The van der Waals surface area contributed by atoms with Crippen LogP contribution in [0.1, 0.15) is 12.8 Å². The number of hydrogen-bond acceptors (Lipinski definition) is 8. The average Bonchev–Trinajstić information content (AvgIpc) is 4.09. The summed E-state index contributed by atoms with van der Waals surface area (Å²) in [6.45, 7) is 8.12. The maximum atomic E-state index is 13.8. The Kier molecular flexibility index (Phi) is 10.7. The summed E-state index contributed by atoms with van der Waals surface area (Å²) in [5, 5.41) is 28.5. The quantitative estimate of drug-likeness (QED) is 0.0422. The Balaban J connectivity index is 0.799. The molecule has 0 radical (unpaired) electrons. The van der Waals surface area contributed by atoms with Gasteiger partial charge >= 0.3 is 0 Å². The van der Waals surface area contributed by atoms with E-state index in [4.69, 9.17) is 23.7 Å². The van der Waals surface area contributed by atoms with Gasteiger partial charge in [0.15, 0.2) is 12.2 Å². The molecule has 8 aromatic carbocycles. The summed E-state index contributed by atoms with van der Waals surface area (Å²) < 4.78 is 29.3. The van der Waals surface area contributed by atoms with E-state index in [2.05, 4.69) is 90.5 Å². The van der Waals surface area contributed by atoms with Gasteiger partial charge in [-0.2, -0.15) is 0 Å². The molecule has 3 N–H and O–H groups in total. The first-order chi connectivity index (χ1) is 28.9. The van der Waals surface area contributed by atoms with E-state index in [1.165, 1.54) is 5.39 Å². The van der Waals surface area contributed by atoms with Crippen molar-refractivity contribution in [2.75, 3.05) is 50.3 Å². The van der Waals surface area contributed by atoms with Crippen LogP contribution in [0.5, 0.6) is 0 Å². The van der Waals surface area contributed by atoms with Crippen molar-refractivity contribution in [2.45, 2.75) is 31.2 Å². The molecular weight excluding hydrogens is 745 g/mol. The Bertz CT molecular complexity index is 2820. The fourth-order valence-electron chi connectivity index (χ4n) is 7.97. The van der Waals surface area contributed by atoms with Crippen LogP contribution >= 0.6 is 0 Å². The predicted molar refractivity (Wildman–Crippen MR) is 233 cm³/mol. The van der Waals surface area contributed by atoms with Crippen molar-refractivity contribution in [3.63, 3.8) is 0 Å². The first-order valence-electron chi connectivity index (χ1n) is 19.9. The zero-order chi connectivity index (χ0) is 40.5. The predicted octanol–water partition coefficient (Wildman–Crippen LogP) is 9.06. The van der Waals surface area contributed by atoms with Gasteiger partial charge in [-0.1, -0.05) is 110 Å².